The molecule has 0 radical (unpaired) electrons. The van der Waals surface area contributed by atoms with Gasteiger partial charge in [0.1, 0.15) is 0 Å². The molecular formula is C17H16N2OS. The van der Waals surface area contributed by atoms with E-state index in [2.05, 4.69) is 16.8 Å². The highest BCUT2D eigenvalue weighted by molar-refractivity contribution is 7.21. The number of rotatable bonds is 4. The van der Waals surface area contributed by atoms with Crippen LogP contribution in [0.5, 0.6) is 0 Å². The van der Waals surface area contributed by atoms with Crippen molar-refractivity contribution in [2.45, 2.75) is 13.3 Å². The second-order valence-corrected chi connectivity index (χ2v) is 5.79. The maximum Gasteiger partial charge on any atom is 0.281 e. The standard InChI is InChI=1S/C17H16N2OS/c1-2-12-19(13-8-4-3-5-9-13)17-18-16(20)14-10-6-7-11-15(14)21-17/h3-11H,2,12H2,1H3. The van der Waals surface area contributed by atoms with E-state index in [0.717, 1.165) is 28.5 Å². The highest BCUT2D eigenvalue weighted by Crippen LogP contribution is 2.29. The minimum absolute atomic E-state index is 0.156. The van der Waals surface area contributed by atoms with Crippen LogP contribution >= 0.6 is 11.3 Å². The third kappa shape index (κ3) is 2.81. The molecule has 3 rings (SSSR count). The first-order valence-electron chi connectivity index (χ1n) is 7.02. The Morgan fingerprint density at radius 2 is 1.76 bits per heavy atom. The zero-order chi connectivity index (χ0) is 14.7. The fourth-order valence-corrected chi connectivity index (χ4v) is 3.33. The summed E-state index contributed by atoms with van der Waals surface area (Å²) in [6, 6.07) is 17.7. The van der Waals surface area contributed by atoms with Gasteiger partial charge >= 0.3 is 0 Å². The smallest absolute Gasteiger partial charge is 0.281 e. The molecule has 106 valence electrons. The lowest BCUT2D eigenvalue weighted by Crippen LogP contribution is -2.21. The molecular weight excluding hydrogens is 280 g/mol. The Morgan fingerprint density at radius 3 is 2.52 bits per heavy atom. The Hall–Kier alpha value is -2.20. The van der Waals surface area contributed by atoms with Crippen molar-refractivity contribution in [3.05, 3.63) is 65.0 Å². The molecule has 0 bridgehead atoms. The van der Waals surface area contributed by atoms with Crippen molar-refractivity contribution < 1.29 is 0 Å². The molecule has 3 nitrogen and oxygen atoms in total. The predicted molar refractivity (Wildman–Crippen MR) is 89.6 cm³/mol. The van der Waals surface area contributed by atoms with Crippen LogP contribution in [0.15, 0.2) is 59.4 Å². The quantitative estimate of drug-likeness (QED) is 0.723. The molecule has 0 aliphatic rings. The predicted octanol–water partition coefficient (Wildman–Crippen LogP) is 4.20. The maximum atomic E-state index is 12.2. The summed E-state index contributed by atoms with van der Waals surface area (Å²) in [6.07, 6.45) is 0.990. The van der Waals surface area contributed by atoms with Crippen molar-refractivity contribution in [2.75, 3.05) is 11.4 Å². The maximum absolute atomic E-state index is 12.2. The topological polar surface area (TPSA) is 33.2 Å². The van der Waals surface area contributed by atoms with Gasteiger partial charge in [-0.05, 0) is 30.7 Å². The average Bonchev–Trinajstić information content (AvgIpc) is 2.53. The van der Waals surface area contributed by atoms with E-state index in [1.54, 1.807) is 11.3 Å². The Balaban J connectivity index is 2.14. The number of hydrogen-bond donors (Lipinski definition) is 0. The molecule has 0 aliphatic carbocycles. The zero-order valence-electron chi connectivity index (χ0n) is 11.8. The highest BCUT2D eigenvalue weighted by Gasteiger charge is 2.13. The van der Waals surface area contributed by atoms with E-state index >= 15 is 0 Å². The van der Waals surface area contributed by atoms with Gasteiger partial charge in [0.2, 0.25) is 0 Å². The van der Waals surface area contributed by atoms with Crippen LogP contribution in [-0.2, 0) is 0 Å². The second kappa shape index (κ2) is 6.06. The largest absolute Gasteiger partial charge is 0.318 e. The summed E-state index contributed by atoms with van der Waals surface area (Å²) in [4.78, 5) is 18.6. The van der Waals surface area contributed by atoms with Gasteiger partial charge in [-0.25, -0.2) is 0 Å². The van der Waals surface area contributed by atoms with E-state index in [4.69, 9.17) is 0 Å². The number of nitrogens with zero attached hydrogens (tertiary/aromatic N) is 2. The molecule has 0 saturated carbocycles. The van der Waals surface area contributed by atoms with E-state index in [9.17, 15) is 4.79 Å². The third-order valence-corrected chi connectivity index (χ3v) is 4.33. The van der Waals surface area contributed by atoms with E-state index < -0.39 is 0 Å². The van der Waals surface area contributed by atoms with Crippen LogP contribution in [0.4, 0.5) is 10.8 Å². The minimum atomic E-state index is -0.156. The Bertz CT molecular complexity index is 798. The van der Waals surface area contributed by atoms with Gasteiger partial charge in [0.05, 0.1) is 5.39 Å². The summed E-state index contributed by atoms with van der Waals surface area (Å²) in [5.74, 6) is 0. The molecule has 3 aromatic rings. The molecule has 0 unspecified atom stereocenters. The summed E-state index contributed by atoms with van der Waals surface area (Å²) in [6.45, 7) is 2.96. The van der Waals surface area contributed by atoms with Gasteiger partial charge in [0.25, 0.3) is 5.56 Å². The monoisotopic (exact) mass is 296 g/mol. The number of fused-ring (bicyclic) bond motifs is 1. The molecule has 0 spiro atoms. The third-order valence-electron chi connectivity index (χ3n) is 3.26. The van der Waals surface area contributed by atoms with Gasteiger partial charge in [-0.2, -0.15) is 4.98 Å². The van der Waals surface area contributed by atoms with Crippen molar-refractivity contribution >= 4 is 32.2 Å². The van der Waals surface area contributed by atoms with Gasteiger partial charge in [0, 0.05) is 16.9 Å². The summed E-state index contributed by atoms with van der Waals surface area (Å²) in [5.41, 5.74) is 0.911. The van der Waals surface area contributed by atoms with Gasteiger partial charge in [-0.1, -0.05) is 48.6 Å². The zero-order valence-corrected chi connectivity index (χ0v) is 12.6. The fourth-order valence-electron chi connectivity index (χ4n) is 2.28. The van der Waals surface area contributed by atoms with Crippen LogP contribution in [0.3, 0.4) is 0 Å². The summed E-state index contributed by atoms with van der Waals surface area (Å²) in [5, 5.41) is 1.45. The minimum Gasteiger partial charge on any atom is -0.318 e. The first-order chi connectivity index (χ1) is 10.3. The van der Waals surface area contributed by atoms with Gasteiger partial charge < -0.3 is 4.90 Å². The number of benzene rings is 2. The van der Waals surface area contributed by atoms with Crippen molar-refractivity contribution in [3.63, 3.8) is 0 Å². The van der Waals surface area contributed by atoms with Crippen molar-refractivity contribution in [3.8, 4) is 0 Å². The molecule has 1 aromatic heterocycles. The molecule has 0 fully saturated rings. The normalized spacial score (nSPS) is 10.7. The molecule has 0 aliphatic heterocycles. The molecule has 2 aromatic carbocycles. The number of anilines is 2. The van der Waals surface area contributed by atoms with Crippen LogP contribution < -0.4 is 10.5 Å². The van der Waals surface area contributed by atoms with Crippen LogP contribution in [0.2, 0.25) is 0 Å². The first kappa shape index (κ1) is 13.8. The van der Waals surface area contributed by atoms with Crippen LogP contribution in [-0.4, -0.2) is 11.5 Å². The second-order valence-electron chi connectivity index (χ2n) is 4.78. The molecule has 0 atom stereocenters. The highest BCUT2D eigenvalue weighted by atomic mass is 32.1. The van der Waals surface area contributed by atoms with E-state index in [-0.39, 0.29) is 5.56 Å². The lowest BCUT2D eigenvalue weighted by Gasteiger charge is -2.22. The van der Waals surface area contributed by atoms with Crippen molar-refractivity contribution in [1.82, 2.24) is 4.98 Å². The van der Waals surface area contributed by atoms with Gasteiger partial charge in [0.15, 0.2) is 5.13 Å². The lowest BCUT2D eigenvalue weighted by atomic mass is 10.3. The van der Waals surface area contributed by atoms with Crippen LogP contribution in [0.25, 0.3) is 10.1 Å². The van der Waals surface area contributed by atoms with Crippen molar-refractivity contribution in [2.24, 2.45) is 0 Å². The average molecular weight is 296 g/mol. The molecule has 0 N–H and O–H groups in total. The van der Waals surface area contributed by atoms with E-state index in [1.165, 1.54) is 0 Å². The lowest BCUT2D eigenvalue weighted by molar-refractivity contribution is 0.878. The summed E-state index contributed by atoms with van der Waals surface area (Å²) < 4.78 is 0.976. The Labute approximate surface area is 127 Å². The SMILES string of the molecule is CCCN(c1ccccc1)c1nc(=O)c2ccccc2s1. The van der Waals surface area contributed by atoms with E-state index in [1.807, 2.05) is 54.6 Å². The fraction of sp³-hybridized carbons (Fsp3) is 0.176. The number of hydrogen-bond acceptors (Lipinski definition) is 4. The molecule has 0 saturated heterocycles. The molecule has 1 heterocycles. The first-order valence-corrected chi connectivity index (χ1v) is 7.83. The number of para-hydroxylation sites is 1. The van der Waals surface area contributed by atoms with Crippen LogP contribution in [0, 0.1) is 0 Å². The number of aromatic nitrogens is 1. The molecule has 21 heavy (non-hydrogen) atoms. The van der Waals surface area contributed by atoms with Gasteiger partial charge in [-0.3, -0.25) is 4.79 Å². The summed E-state index contributed by atoms with van der Waals surface area (Å²) >= 11 is 1.56. The van der Waals surface area contributed by atoms with Gasteiger partial charge in [-0.15, -0.1) is 0 Å². The molecule has 4 heteroatoms. The van der Waals surface area contributed by atoms with E-state index in [0.29, 0.717) is 5.39 Å². The van der Waals surface area contributed by atoms with Crippen LogP contribution in [0.1, 0.15) is 13.3 Å². The molecule has 0 amide bonds. The Kier molecular flexibility index (Phi) is 3.97. The van der Waals surface area contributed by atoms with Crippen molar-refractivity contribution in [1.29, 1.82) is 0 Å². The Morgan fingerprint density at radius 1 is 1.05 bits per heavy atom. The summed E-state index contributed by atoms with van der Waals surface area (Å²) in [7, 11) is 0.